The molecular weight excluding hydrogens is 179 g/mol. The maximum absolute atomic E-state index is 11.4. The first-order chi connectivity index (χ1) is 5.38. The summed E-state index contributed by atoms with van der Waals surface area (Å²) < 4.78 is 34.3. The number of aliphatic hydroxyl groups is 1. The van der Waals surface area contributed by atoms with Crippen molar-refractivity contribution >= 4 is 12.2 Å². The van der Waals surface area contributed by atoms with Crippen molar-refractivity contribution < 1.29 is 27.9 Å². The summed E-state index contributed by atoms with van der Waals surface area (Å²) in [7, 11) is 0. The van der Waals surface area contributed by atoms with Crippen molar-refractivity contribution in [1.82, 2.24) is 5.32 Å². The van der Waals surface area contributed by atoms with E-state index in [1.54, 1.807) is 0 Å². The number of hydrogen-bond acceptors (Lipinski definition) is 3. The minimum Gasteiger partial charge on any atom is -0.384 e. The van der Waals surface area contributed by atoms with Crippen LogP contribution in [0, 0.1) is 0 Å². The van der Waals surface area contributed by atoms with Crippen molar-refractivity contribution in [3.05, 3.63) is 0 Å². The molecule has 0 aliphatic rings. The molecule has 0 unspecified atom stereocenters. The topological polar surface area (TPSA) is 66.4 Å². The SMILES string of the molecule is O=C[C@H](O)CNC(=O)C(F)(F)F. The van der Waals surface area contributed by atoms with Crippen LogP contribution < -0.4 is 5.32 Å². The quantitative estimate of drug-likeness (QED) is 0.567. The Labute approximate surface area is 65.4 Å². The van der Waals surface area contributed by atoms with Crippen molar-refractivity contribution in [3.8, 4) is 0 Å². The summed E-state index contributed by atoms with van der Waals surface area (Å²) in [5.74, 6) is -2.18. The molecule has 12 heavy (non-hydrogen) atoms. The molecule has 0 aliphatic carbocycles. The van der Waals surface area contributed by atoms with Crippen LogP contribution in [0.25, 0.3) is 0 Å². The first-order valence-corrected chi connectivity index (χ1v) is 2.86. The van der Waals surface area contributed by atoms with Gasteiger partial charge in [0.25, 0.3) is 0 Å². The van der Waals surface area contributed by atoms with E-state index in [-0.39, 0.29) is 6.29 Å². The Hall–Kier alpha value is -1.11. The van der Waals surface area contributed by atoms with Crippen molar-refractivity contribution in [2.24, 2.45) is 0 Å². The van der Waals surface area contributed by atoms with Crippen LogP contribution in [0.5, 0.6) is 0 Å². The molecule has 0 aromatic rings. The van der Waals surface area contributed by atoms with Gasteiger partial charge in [-0.25, -0.2) is 0 Å². The predicted octanol–water partition coefficient (Wildman–Crippen LogP) is -0.775. The summed E-state index contributed by atoms with van der Waals surface area (Å²) >= 11 is 0. The lowest BCUT2D eigenvalue weighted by molar-refractivity contribution is -0.173. The van der Waals surface area contributed by atoms with E-state index in [4.69, 9.17) is 5.11 Å². The van der Waals surface area contributed by atoms with Gasteiger partial charge >= 0.3 is 12.1 Å². The molecule has 2 N–H and O–H groups in total. The monoisotopic (exact) mass is 185 g/mol. The molecule has 7 heteroatoms. The van der Waals surface area contributed by atoms with E-state index in [1.807, 2.05) is 0 Å². The van der Waals surface area contributed by atoms with E-state index in [2.05, 4.69) is 0 Å². The number of nitrogens with one attached hydrogen (secondary N) is 1. The summed E-state index contributed by atoms with van der Waals surface area (Å²) in [6, 6.07) is 0. The van der Waals surface area contributed by atoms with Crippen LogP contribution in [0.1, 0.15) is 0 Å². The van der Waals surface area contributed by atoms with Gasteiger partial charge in [0.15, 0.2) is 0 Å². The van der Waals surface area contributed by atoms with Crippen LogP contribution in [0.15, 0.2) is 0 Å². The first-order valence-electron chi connectivity index (χ1n) is 2.86. The van der Waals surface area contributed by atoms with Crippen molar-refractivity contribution in [2.75, 3.05) is 6.54 Å². The lowest BCUT2D eigenvalue weighted by Crippen LogP contribution is -2.41. The van der Waals surface area contributed by atoms with Gasteiger partial charge in [0, 0.05) is 0 Å². The normalized spacial score (nSPS) is 13.7. The molecule has 0 aromatic carbocycles. The number of hydrogen-bond donors (Lipinski definition) is 2. The Morgan fingerprint density at radius 2 is 2.08 bits per heavy atom. The van der Waals surface area contributed by atoms with Gasteiger partial charge in [-0.2, -0.15) is 13.2 Å². The van der Waals surface area contributed by atoms with E-state index in [0.717, 1.165) is 0 Å². The third-order valence-electron chi connectivity index (χ3n) is 0.886. The molecule has 1 atom stereocenters. The highest BCUT2D eigenvalue weighted by molar-refractivity contribution is 5.81. The highest BCUT2D eigenvalue weighted by Gasteiger charge is 2.38. The van der Waals surface area contributed by atoms with Crippen LogP contribution in [0.3, 0.4) is 0 Å². The van der Waals surface area contributed by atoms with Crippen LogP contribution in [-0.4, -0.2) is 36.1 Å². The van der Waals surface area contributed by atoms with Crippen molar-refractivity contribution in [3.63, 3.8) is 0 Å². The van der Waals surface area contributed by atoms with E-state index >= 15 is 0 Å². The van der Waals surface area contributed by atoms with Gasteiger partial charge in [0.1, 0.15) is 12.4 Å². The molecule has 0 aromatic heterocycles. The molecule has 0 fully saturated rings. The van der Waals surface area contributed by atoms with Crippen LogP contribution in [0.4, 0.5) is 13.2 Å². The van der Waals surface area contributed by atoms with Crippen LogP contribution in [-0.2, 0) is 9.59 Å². The highest BCUT2D eigenvalue weighted by atomic mass is 19.4. The Kier molecular flexibility index (Phi) is 3.68. The summed E-state index contributed by atoms with van der Waals surface area (Å²) in [4.78, 5) is 19.7. The Balaban J connectivity index is 3.80. The van der Waals surface area contributed by atoms with E-state index in [9.17, 15) is 22.8 Å². The molecule has 0 radical (unpaired) electrons. The largest absolute Gasteiger partial charge is 0.471 e. The molecule has 0 spiro atoms. The van der Waals surface area contributed by atoms with Crippen molar-refractivity contribution in [1.29, 1.82) is 0 Å². The molecule has 1 amide bonds. The van der Waals surface area contributed by atoms with Gasteiger partial charge in [-0.15, -0.1) is 0 Å². The fourth-order valence-corrected chi connectivity index (χ4v) is 0.346. The lowest BCUT2D eigenvalue weighted by atomic mass is 10.4. The summed E-state index contributed by atoms with van der Waals surface area (Å²) in [5, 5.41) is 9.75. The molecule has 70 valence electrons. The predicted molar refractivity (Wildman–Crippen MR) is 31.1 cm³/mol. The van der Waals surface area contributed by atoms with Gasteiger partial charge in [0.05, 0.1) is 6.54 Å². The van der Waals surface area contributed by atoms with Crippen LogP contribution in [0.2, 0.25) is 0 Å². The maximum Gasteiger partial charge on any atom is 0.471 e. The number of rotatable bonds is 3. The van der Waals surface area contributed by atoms with E-state index < -0.39 is 24.7 Å². The summed E-state index contributed by atoms with van der Waals surface area (Å²) in [6.07, 6.45) is -6.56. The van der Waals surface area contributed by atoms with Gasteiger partial charge in [-0.05, 0) is 0 Å². The number of carbonyl (C=O) groups is 2. The summed E-state index contributed by atoms with van der Waals surface area (Å²) in [6.45, 7) is -0.734. The average molecular weight is 185 g/mol. The second-order valence-corrected chi connectivity index (χ2v) is 1.91. The Morgan fingerprint density at radius 3 is 2.42 bits per heavy atom. The van der Waals surface area contributed by atoms with Gasteiger partial charge in [0.2, 0.25) is 0 Å². The molecule has 4 nitrogen and oxygen atoms in total. The molecule has 0 rings (SSSR count). The fourth-order valence-electron chi connectivity index (χ4n) is 0.346. The second-order valence-electron chi connectivity index (χ2n) is 1.91. The minimum atomic E-state index is -4.98. The third kappa shape index (κ3) is 3.91. The zero-order valence-electron chi connectivity index (χ0n) is 5.76. The number of halogens is 3. The number of amides is 1. The van der Waals surface area contributed by atoms with Gasteiger partial charge in [-0.1, -0.05) is 0 Å². The zero-order chi connectivity index (χ0) is 9.78. The molecule has 0 aliphatic heterocycles. The van der Waals surface area contributed by atoms with E-state index in [0.29, 0.717) is 0 Å². The molecule has 0 bridgehead atoms. The Bertz CT molecular complexity index is 179. The number of alkyl halides is 3. The maximum atomic E-state index is 11.4. The smallest absolute Gasteiger partial charge is 0.384 e. The molecule has 0 saturated heterocycles. The molecule has 0 saturated carbocycles. The van der Waals surface area contributed by atoms with Crippen LogP contribution >= 0.6 is 0 Å². The first kappa shape index (κ1) is 10.9. The van der Waals surface area contributed by atoms with Gasteiger partial charge < -0.3 is 15.2 Å². The highest BCUT2D eigenvalue weighted by Crippen LogP contribution is 2.13. The lowest BCUT2D eigenvalue weighted by Gasteiger charge is -2.07. The number of carbonyl (C=O) groups excluding carboxylic acids is 2. The third-order valence-corrected chi connectivity index (χ3v) is 0.886. The van der Waals surface area contributed by atoms with Gasteiger partial charge in [-0.3, -0.25) is 4.79 Å². The fraction of sp³-hybridized carbons (Fsp3) is 0.600. The standard InChI is InChI=1S/C5H6F3NO3/c6-5(7,8)4(12)9-1-3(11)2-10/h2-3,11H,1H2,(H,9,12)/t3-/m1/s1. The Morgan fingerprint density at radius 1 is 1.58 bits per heavy atom. The minimum absolute atomic E-state index is 0.0245. The molecule has 0 heterocycles. The number of aliphatic hydroxyl groups excluding tert-OH is 1. The number of aldehydes is 1. The molecular formula is C5H6F3NO3. The second kappa shape index (κ2) is 4.05. The van der Waals surface area contributed by atoms with E-state index in [1.165, 1.54) is 5.32 Å². The zero-order valence-corrected chi connectivity index (χ0v) is 5.76. The summed E-state index contributed by atoms with van der Waals surface area (Å²) in [5.41, 5.74) is 0. The van der Waals surface area contributed by atoms with Crippen molar-refractivity contribution in [2.45, 2.75) is 12.3 Å². The average Bonchev–Trinajstić information content (AvgIpc) is 1.97.